The normalized spacial score (nSPS) is 20.1. The highest BCUT2D eigenvalue weighted by molar-refractivity contribution is 5.42. The molecule has 1 aliphatic rings. The fraction of sp³-hybridized carbons (Fsp3) is 0.500. The summed E-state index contributed by atoms with van der Waals surface area (Å²) in [5, 5.41) is 15.4. The Morgan fingerprint density at radius 3 is 3.31 bits per heavy atom. The molecule has 0 aliphatic carbocycles. The SMILES string of the molecule is N#Cc1ccnc(NC[C@@H]2CCCNC2)c1. The fourth-order valence-electron chi connectivity index (χ4n) is 1.94. The molecule has 2 heterocycles. The lowest BCUT2D eigenvalue weighted by Gasteiger charge is -2.23. The molecule has 0 bridgehead atoms. The second-order valence-electron chi connectivity index (χ2n) is 4.13. The van der Waals surface area contributed by atoms with Crippen molar-refractivity contribution in [3.63, 3.8) is 0 Å². The summed E-state index contributed by atoms with van der Waals surface area (Å²) in [6.45, 7) is 3.14. The summed E-state index contributed by atoms with van der Waals surface area (Å²) in [4.78, 5) is 4.19. The number of hydrogen-bond acceptors (Lipinski definition) is 4. The maximum Gasteiger partial charge on any atom is 0.127 e. The number of aromatic nitrogens is 1. The molecule has 16 heavy (non-hydrogen) atoms. The van der Waals surface area contributed by atoms with Gasteiger partial charge in [0.25, 0.3) is 0 Å². The van der Waals surface area contributed by atoms with Crippen molar-refractivity contribution >= 4 is 5.82 Å². The fourth-order valence-corrected chi connectivity index (χ4v) is 1.94. The third kappa shape index (κ3) is 2.94. The zero-order valence-corrected chi connectivity index (χ0v) is 9.24. The third-order valence-electron chi connectivity index (χ3n) is 2.86. The standard InChI is InChI=1S/C12H16N4/c13-7-10-3-5-15-12(6-10)16-9-11-2-1-4-14-8-11/h3,5-6,11,14H,1-2,4,8-9H2,(H,15,16)/t11-/m1/s1. The van der Waals surface area contributed by atoms with E-state index < -0.39 is 0 Å². The molecule has 2 N–H and O–H groups in total. The van der Waals surface area contributed by atoms with E-state index in [4.69, 9.17) is 5.26 Å². The molecule has 1 aromatic heterocycles. The largest absolute Gasteiger partial charge is 0.370 e. The van der Waals surface area contributed by atoms with E-state index in [1.54, 1.807) is 18.3 Å². The van der Waals surface area contributed by atoms with Crippen molar-refractivity contribution in [1.29, 1.82) is 5.26 Å². The van der Waals surface area contributed by atoms with Crippen molar-refractivity contribution in [2.24, 2.45) is 5.92 Å². The Morgan fingerprint density at radius 2 is 2.56 bits per heavy atom. The molecule has 1 aromatic rings. The second kappa shape index (κ2) is 5.47. The maximum atomic E-state index is 8.76. The van der Waals surface area contributed by atoms with Crippen LogP contribution < -0.4 is 10.6 Å². The van der Waals surface area contributed by atoms with Gasteiger partial charge in [0.1, 0.15) is 5.82 Å². The molecule has 1 fully saturated rings. The quantitative estimate of drug-likeness (QED) is 0.801. The molecule has 4 heteroatoms. The molecule has 84 valence electrons. The number of nitriles is 1. The molecule has 0 aromatic carbocycles. The van der Waals surface area contributed by atoms with Gasteiger partial charge < -0.3 is 10.6 Å². The van der Waals surface area contributed by atoms with Crippen LogP contribution in [0.4, 0.5) is 5.82 Å². The number of pyridine rings is 1. The smallest absolute Gasteiger partial charge is 0.127 e. The molecule has 4 nitrogen and oxygen atoms in total. The van der Waals surface area contributed by atoms with E-state index in [1.807, 2.05) is 0 Å². The Bertz CT molecular complexity index is 377. The summed E-state index contributed by atoms with van der Waals surface area (Å²) in [6, 6.07) is 5.62. The van der Waals surface area contributed by atoms with Crippen LogP contribution in [0.15, 0.2) is 18.3 Å². The van der Waals surface area contributed by atoms with E-state index in [9.17, 15) is 0 Å². The predicted molar refractivity (Wildman–Crippen MR) is 63.0 cm³/mol. The lowest BCUT2D eigenvalue weighted by Crippen LogP contribution is -2.33. The second-order valence-corrected chi connectivity index (χ2v) is 4.13. The third-order valence-corrected chi connectivity index (χ3v) is 2.86. The average Bonchev–Trinajstić information content (AvgIpc) is 2.38. The van der Waals surface area contributed by atoms with Gasteiger partial charge in [0, 0.05) is 12.7 Å². The molecule has 0 amide bonds. The van der Waals surface area contributed by atoms with Gasteiger partial charge >= 0.3 is 0 Å². The molecular formula is C12H16N4. The topological polar surface area (TPSA) is 60.7 Å². The Hall–Kier alpha value is -1.60. The lowest BCUT2D eigenvalue weighted by atomic mass is 10.00. The highest BCUT2D eigenvalue weighted by Crippen LogP contribution is 2.12. The molecule has 2 rings (SSSR count). The molecular weight excluding hydrogens is 200 g/mol. The molecule has 0 unspecified atom stereocenters. The van der Waals surface area contributed by atoms with Gasteiger partial charge in [0.2, 0.25) is 0 Å². The number of nitrogens with zero attached hydrogens (tertiary/aromatic N) is 2. The van der Waals surface area contributed by atoms with Crippen molar-refractivity contribution in [1.82, 2.24) is 10.3 Å². The van der Waals surface area contributed by atoms with E-state index in [0.29, 0.717) is 11.5 Å². The molecule has 0 saturated carbocycles. The van der Waals surface area contributed by atoms with Gasteiger partial charge in [-0.15, -0.1) is 0 Å². The average molecular weight is 216 g/mol. The van der Waals surface area contributed by atoms with Crippen LogP contribution >= 0.6 is 0 Å². The highest BCUT2D eigenvalue weighted by atomic mass is 15.0. The Kier molecular flexibility index (Phi) is 3.73. The zero-order valence-electron chi connectivity index (χ0n) is 9.24. The van der Waals surface area contributed by atoms with E-state index >= 15 is 0 Å². The Balaban J connectivity index is 1.86. The maximum absolute atomic E-state index is 8.76. The van der Waals surface area contributed by atoms with Crippen molar-refractivity contribution in [2.45, 2.75) is 12.8 Å². The monoisotopic (exact) mass is 216 g/mol. The zero-order chi connectivity index (χ0) is 11.2. The summed E-state index contributed by atoms with van der Waals surface area (Å²) in [5.41, 5.74) is 0.652. The number of piperidine rings is 1. The van der Waals surface area contributed by atoms with Gasteiger partial charge in [-0.1, -0.05) is 0 Å². The van der Waals surface area contributed by atoms with Crippen LogP contribution in [0.1, 0.15) is 18.4 Å². The number of hydrogen-bond donors (Lipinski definition) is 2. The van der Waals surface area contributed by atoms with Crippen LogP contribution in [-0.4, -0.2) is 24.6 Å². The lowest BCUT2D eigenvalue weighted by molar-refractivity contribution is 0.392. The van der Waals surface area contributed by atoms with E-state index in [1.165, 1.54) is 12.8 Å². The van der Waals surface area contributed by atoms with Crippen molar-refractivity contribution in [3.05, 3.63) is 23.9 Å². The first kappa shape index (κ1) is 10.9. The summed E-state index contributed by atoms with van der Waals surface area (Å²) in [5.74, 6) is 1.46. The van der Waals surface area contributed by atoms with E-state index in [2.05, 4.69) is 21.7 Å². The number of anilines is 1. The summed E-state index contributed by atoms with van der Waals surface area (Å²) < 4.78 is 0. The van der Waals surface area contributed by atoms with Gasteiger partial charge in [-0.3, -0.25) is 0 Å². The number of nitrogens with one attached hydrogen (secondary N) is 2. The van der Waals surface area contributed by atoms with E-state index in [0.717, 1.165) is 25.5 Å². The van der Waals surface area contributed by atoms with Gasteiger partial charge in [-0.25, -0.2) is 4.98 Å². The Morgan fingerprint density at radius 1 is 1.62 bits per heavy atom. The highest BCUT2D eigenvalue weighted by Gasteiger charge is 2.12. The van der Waals surface area contributed by atoms with Crippen LogP contribution in [0, 0.1) is 17.2 Å². The van der Waals surface area contributed by atoms with Crippen LogP contribution in [0.3, 0.4) is 0 Å². The van der Waals surface area contributed by atoms with Crippen LogP contribution in [-0.2, 0) is 0 Å². The van der Waals surface area contributed by atoms with Gasteiger partial charge in [-0.05, 0) is 44.0 Å². The first-order valence-electron chi connectivity index (χ1n) is 5.69. The van der Waals surface area contributed by atoms with Crippen molar-refractivity contribution < 1.29 is 0 Å². The van der Waals surface area contributed by atoms with Gasteiger partial charge in [0.15, 0.2) is 0 Å². The van der Waals surface area contributed by atoms with Crippen molar-refractivity contribution in [2.75, 3.05) is 25.0 Å². The summed E-state index contributed by atoms with van der Waals surface area (Å²) >= 11 is 0. The van der Waals surface area contributed by atoms with Crippen molar-refractivity contribution in [3.8, 4) is 6.07 Å². The van der Waals surface area contributed by atoms with Gasteiger partial charge in [0.05, 0.1) is 11.6 Å². The first-order chi connectivity index (χ1) is 7.88. The Labute approximate surface area is 95.7 Å². The minimum atomic E-state index is 0.652. The summed E-state index contributed by atoms with van der Waals surface area (Å²) in [7, 11) is 0. The minimum absolute atomic E-state index is 0.652. The molecule has 1 atom stereocenters. The van der Waals surface area contributed by atoms with Gasteiger partial charge in [-0.2, -0.15) is 5.26 Å². The predicted octanol–water partition coefficient (Wildman–Crippen LogP) is 1.36. The number of rotatable bonds is 3. The summed E-state index contributed by atoms with van der Waals surface area (Å²) in [6.07, 6.45) is 4.18. The van der Waals surface area contributed by atoms with Crippen LogP contribution in [0.25, 0.3) is 0 Å². The van der Waals surface area contributed by atoms with Crippen LogP contribution in [0.2, 0.25) is 0 Å². The molecule has 1 saturated heterocycles. The van der Waals surface area contributed by atoms with Crippen LogP contribution in [0.5, 0.6) is 0 Å². The molecule has 1 aliphatic heterocycles. The minimum Gasteiger partial charge on any atom is -0.370 e. The molecule has 0 spiro atoms. The molecule has 0 radical (unpaired) electrons. The van der Waals surface area contributed by atoms with E-state index in [-0.39, 0.29) is 0 Å². The first-order valence-corrected chi connectivity index (χ1v) is 5.69.